The van der Waals surface area contributed by atoms with Gasteiger partial charge in [-0.05, 0) is 94.2 Å². The van der Waals surface area contributed by atoms with E-state index in [1.54, 1.807) is 48.5 Å². The van der Waals surface area contributed by atoms with Gasteiger partial charge in [0.1, 0.15) is 12.4 Å². The molecule has 0 saturated carbocycles. The fourth-order valence-corrected chi connectivity index (χ4v) is 5.50. The van der Waals surface area contributed by atoms with Gasteiger partial charge in [-0.2, -0.15) is 5.01 Å². The molecule has 1 N–H and O–H groups in total. The Morgan fingerprint density at radius 1 is 1.24 bits per heavy atom. The molecule has 0 unspecified atom stereocenters. The van der Waals surface area contributed by atoms with Crippen LogP contribution >= 0.6 is 51.5 Å². The molecule has 37 heavy (non-hydrogen) atoms. The third-order valence-corrected chi connectivity index (χ3v) is 7.40. The Morgan fingerprint density at radius 2 is 2.03 bits per heavy atom. The maximum absolute atomic E-state index is 13.5. The van der Waals surface area contributed by atoms with Crippen molar-refractivity contribution in [2.24, 2.45) is 0 Å². The molecule has 190 valence electrons. The van der Waals surface area contributed by atoms with Crippen molar-refractivity contribution in [3.8, 4) is 11.5 Å². The van der Waals surface area contributed by atoms with E-state index in [-0.39, 0.29) is 27.3 Å². The molecule has 0 bridgehead atoms. The Balaban J connectivity index is 1.52. The summed E-state index contributed by atoms with van der Waals surface area (Å²) in [5.74, 6) is -0.536. The summed E-state index contributed by atoms with van der Waals surface area (Å²) in [4.78, 5) is 26.0. The van der Waals surface area contributed by atoms with E-state index in [9.17, 15) is 14.0 Å². The number of ether oxygens (including phenoxy) is 2. The van der Waals surface area contributed by atoms with Gasteiger partial charge in [-0.1, -0.05) is 41.6 Å². The number of hydrogen-bond acceptors (Lipinski definition) is 6. The van der Waals surface area contributed by atoms with Gasteiger partial charge in [-0.3, -0.25) is 15.0 Å². The number of benzene rings is 3. The summed E-state index contributed by atoms with van der Waals surface area (Å²) in [6.07, 6.45) is 1.63. The van der Waals surface area contributed by atoms with Crippen molar-refractivity contribution in [2.75, 3.05) is 7.11 Å². The standard InChI is InChI=1S/C26H19BrClFN2O4S2/c1-14-6-7-18(20(28)8-14)24(32)30-31-25(33)22(37-26(31)36)12-16-10-19(27)23(21(11-16)34-2)35-13-15-4-3-5-17(29)9-15/h3-12H,13H2,1-2H3,(H,30,32)/b22-12+. The molecule has 1 saturated heterocycles. The molecule has 4 rings (SSSR count). The zero-order valence-electron chi connectivity index (χ0n) is 19.5. The number of carbonyl (C=O) groups excluding carboxylic acids is 2. The van der Waals surface area contributed by atoms with Crippen molar-refractivity contribution < 1.29 is 23.5 Å². The van der Waals surface area contributed by atoms with Crippen molar-refractivity contribution >= 4 is 73.7 Å². The molecule has 1 aliphatic heterocycles. The number of nitrogens with zero attached hydrogens (tertiary/aromatic N) is 1. The number of nitrogens with one attached hydrogen (secondary N) is 1. The van der Waals surface area contributed by atoms with Gasteiger partial charge in [-0.25, -0.2) is 4.39 Å². The van der Waals surface area contributed by atoms with Crippen LogP contribution in [0.4, 0.5) is 4.39 Å². The average molecular weight is 622 g/mol. The van der Waals surface area contributed by atoms with E-state index < -0.39 is 11.8 Å². The van der Waals surface area contributed by atoms with Crippen LogP contribution in [0, 0.1) is 12.7 Å². The number of rotatable bonds is 7. The second-order valence-electron chi connectivity index (χ2n) is 7.89. The highest BCUT2D eigenvalue weighted by molar-refractivity contribution is 9.10. The molecule has 0 radical (unpaired) electrons. The number of methoxy groups -OCH3 is 1. The lowest BCUT2D eigenvalue weighted by molar-refractivity contribution is -0.123. The number of carbonyl (C=O) groups is 2. The Labute approximate surface area is 235 Å². The van der Waals surface area contributed by atoms with E-state index in [0.717, 1.165) is 22.3 Å². The number of aryl methyl sites for hydroxylation is 1. The molecule has 1 heterocycles. The summed E-state index contributed by atoms with van der Waals surface area (Å²) in [6, 6.07) is 14.6. The van der Waals surface area contributed by atoms with Gasteiger partial charge in [0.15, 0.2) is 15.8 Å². The molecule has 3 aromatic rings. The van der Waals surface area contributed by atoms with Crippen LogP contribution in [0.25, 0.3) is 6.08 Å². The molecule has 0 aliphatic carbocycles. The van der Waals surface area contributed by atoms with Crippen LogP contribution in [0.1, 0.15) is 27.0 Å². The minimum absolute atomic E-state index is 0.134. The lowest BCUT2D eigenvalue weighted by Crippen LogP contribution is -2.44. The normalized spacial score (nSPS) is 14.3. The Hall–Kier alpha value is -2.92. The molecule has 3 aromatic carbocycles. The number of amides is 2. The molecule has 0 spiro atoms. The fraction of sp³-hybridized carbons (Fsp3) is 0.115. The summed E-state index contributed by atoms with van der Waals surface area (Å²) in [6.45, 7) is 1.99. The highest BCUT2D eigenvalue weighted by atomic mass is 79.9. The van der Waals surface area contributed by atoms with E-state index >= 15 is 0 Å². The van der Waals surface area contributed by atoms with Crippen molar-refractivity contribution in [2.45, 2.75) is 13.5 Å². The Kier molecular flexibility index (Phi) is 8.53. The molecule has 0 atom stereocenters. The zero-order valence-corrected chi connectivity index (χ0v) is 23.5. The van der Waals surface area contributed by atoms with E-state index in [1.165, 1.54) is 19.2 Å². The van der Waals surface area contributed by atoms with Gasteiger partial charge in [-0.15, -0.1) is 0 Å². The van der Waals surface area contributed by atoms with E-state index in [1.807, 2.05) is 6.92 Å². The van der Waals surface area contributed by atoms with Crippen LogP contribution < -0.4 is 14.9 Å². The van der Waals surface area contributed by atoms with Crippen LogP contribution in [0.3, 0.4) is 0 Å². The van der Waals surface area contributed by atoms with Crippen LogP contribution in [0.15, 0.2) is 64.0 Å². The molecule has 1 aliphatic rings. The van der Waals surface area contributed by atoms with Gasteiger partial charge < -0.3 is 9.47 Å². The van der Waals surface area contributed by atoms with Gasteiger partial charge in [0.25, 0.3) is 11.8 Å². The van der Waals surface area contributed by atoms with Crippen molar-refractivity contribution in [1.29, 1.82) is 0 Å². The minimum atomic E-state index is -0.549. The minimum Gasteiger partial charge on any atom is -0.493 e. The monoisotopic (exact) mass is 620 g/mol. The summed E-state index contributed by atoms with van der Waals surface area (Å²) in [7, 11) is 1.49. The fourth-order valence-electron chi connectivity index (χ4n) is 3.43. The van der Waals surface area contributed by atoms with Crippen LogP contribution in [0.5, 0.6) is 11.5 Å². The molecular weight excluding hydrogens is 603 g/mol. The first kappa shape index (κ1) is 27.1. The van der Waals surface area contributed by atoms with Gasteiger partial charge in [0.05, 0.1) is 27.1 Å². The highest BCUT2D eigenvalue weighted by Crippen LogP contribution is 2.39. The summed E-state index contributed by atoms with van der Waals surface area (Å²) < 4.78 is 25.6. The van der Waals surface area contributed by atoms with E-state index in [0.29, 0.717) is 32.0 Å². The molecular formula is C26H19BrClFN2O4S2. The van der Waals surface area contributed by atoms with Gasteiger partial charge >= 0.3 is 0 Å². The lowest BCUT2D eigenvalue weighted by Gasteiger charge is -2.16. The maximum atomic E-state index is 13.5. The second-order valence-corrected chi connectivity index (χ2v) is 10.8. The third kappa shape index (κ3) is 6.32. The van der Waals surface area contributed by atoms with Crippen molar-refractivity contribution in [3.63, 3.8) is 0 Å². The first-order chi connectivity index (χ1) is 17.7. The van der Waals surface area contributed by atoms with Gasteiger partial charge in [0.2, 0.25) is 0 Å². The summed E-state index contributed by atoms with van der Waals surface area (Å²) >= 11 is 16.0. The quantitative estimate of drug-likeness (QED) is 0.234. The number of halogens is 3. The number of thiocarbonyl (C=S) groups is 1. The van der Waals surface area contributed by atoms with E-state index in [2.05, 4.69) is 21.4 Å². The van der Waals surface area contributed by atoms with E-state index in [4.69, 9.17) is 33.3 Å². The Morgan fingerprint density at radius 3 is 2.73 bits per heavy atom. The largest absolute Gasteiger partial charge is 0.493 e. The summed E-state index contributed by atoms with van der Waals surface area (Å²) in [5.41, 5.74) is 4.96. The lowest BCUT2D eigenvalue weighted by atomic mass is 10.1. The Bertz CT molecular complexity index is 1450. The SMILES string of the molecule is COc1cc(/C=C2/SC(=S)N(NC(=O)c3ccc(C)cc3Cl)C2=O)cc(Br)c1OCc1cccc(F)c1. The smallest absolute Gasteiger partial charge is 0.285 e. The topological polar surface area (TPSA) is 67.9 Å². The molecule has 2 amide bonds. The van der Waals surface area contributed by atoms with Crippen molar-refractivity contribution in [3.05, 3.63) is 97.1 Å². The number of hydrazine groups is 1. The number of thioether (sulfide) groups is 1. The molecule has 1 fully saturated rings. The zero-order chi connectivity index (χ0) is 26.7. The second kappa shape index (κ2) is 11.6. The molecule has 0 aromatic heterocycles. The first-order valence-electron chi connectivity index (χ1n) is 10.8. The predicted molar refractivity (Wildman–Crippen MR) is 150 cm³/mol. The van der Waals surface area contributed by atoms with Crippen molar-refractivity contribution in [1.82, 2.24) is 10.4 Å². The van der Waals surface area contributed by atoms with Crippen LogP contribution in [-0.4, -0.2) is 28.3 Å². The van der Waals surface area contributed by atoms with Crippen LogP contribution in [-0.2, 0) is 11.4 Å². The molecule has 11 heteroatoms. The average Bonchev–Trinajstić information content (AvgIpc) is 3.10. The maximum Gasteiger partial charge on any atom is 0.285 e. The summed E-state index contributed by atoms with van der Waals surface area (Å²) in [5, 5.41) is 1.29. The molecule has 6 nitrogen and oxygen atoms in total. The first-order valence-corrected chi connectivity index (χ1v) is 13.2. The highest BCUT2D eigenvalue weighted by Gasteiger charge is 2.34. The third-order valence-electron chi connectivity index (χ3n) is 5.20. The van der Waals surface area contributed by atoms with Crippen LogP contribution in [0.2, 0.25) is 5.02 Å². The van der Waals surface area contributed by atoms with Gasteiger partial charge in [0, 0.05) is 0 Å². The number of hydrogen-bond donors (Lipinski definition) is 1. The predicted octanol–water partition coefficient (Wildman–Crippen LogP) is 6.68.